The summed E-state index contributed by atoms with van der Waals surface area (Å²) in [5.41, 5.74) is -4.42. The molecule has 0 saturated carbocycles. The summed E-state index contributed by atoms with van der Waals surface area (Å²) in [7, 11) is 0. The third kappa shape index (κ3) is 3.22. The molecule has 2 N–H and O–H groups in total. The van der Waals surface area contributed by atoms with Crippen LogP contribution >= 0.6 is 31.9 Å². The van der Waals surface area contributed by atoms with Crippen LogP contribution in [-0.2, 0) is 0 Å². The molecule has 0 aliphatic carbocycles. The Labute approximate surface area is 143 Å². The zero-order valence-corrected chi connectivity index (χ0v) is 14.2. The van der Waals surface area contributed by atoms with Gasteiger partial charge in [0.15, 0.2) is 0 Å². The first-order valence-corrected chi connectivity index (χ1v) is 7.55. The van der Waals surface area contributed by atoms with E-state index < -0.39 is 36.6 Å². The van der Waals surface area contributed by atoms with E-state index in [1.54, 1.807) is 0 Å². The smallest absolute Gasteiger partial charge is 0.287 e. The van der Waals surface area contributed by atoms with Crippen molar-refractivity contribution in [3.05, 3.63) is 26.6 Å². The summed E-state index contributed by atoms with van der Waals surface area (Å²) in [6.07, 6.45) is -7.85. The number of halogens is 6. The molecule has 0 spiro atoms. The number of amides is 1. The van der Waals surface area contributed by atoms with Gasteiger partial charge in [-0.15, -0.1) is 0 Å². The van der Waals surface area contributed by atoms with Crippen LogP contribution in [0.5, 0.6) is 5.75 Å². The van der Waals surface area contributed by atoms with E-state index in [1.165, 1.54) is 0 Å². The molecular weight excluding hydrogens is 456 g/mol. The van der Waals surface area contributed by atoms with Gasteiger partial charge in [-0.25, -0.2) is 17.6 Å². The minimum atomic E-state index is -3.50. The number of hydrogen-bond donors (Lipinski definition) is 2. The Balaban J connectivity index is 2.47. The molecule has 0 aromatic heterocycles. The molecule has 1 aliphatic rings. The highest BCUT2D eigenvalue weighted by molar-refractivity contribution is 9.11. The van der Waals surface area contributed by atoms with Crippen molar-refractivity contribution in [3.8, 4) is 5.75 Å². The Morgan fingerprint density at radius 2 is 1.78 bits per heavy atom. The van der Waals surface area contributed by atoms with Crippen LogP contribution in [0.15, 0.2) is 26.2 Å². The maximum absolute atomic E-state index is 13.1. The van der Waals surface area contributed by atoms with Crippen LogP contribution in [0.3, 0.4) is 0 Å². The summed E-state index contributed by atoms with van der Waals surface area (Å²) >= 11 is 5.90. The van der Waals surface area contributed by atoms with Crippen molar-refractivity contribution in [2.45, 2.75) is 25.0 Å². The summed E-state index contributed by atoms with van der Waals surface area (Å²) in [5, 5.41) is 22.6. The number of nitrogens with zero attached hydrogens (tertiary/aromatic N) is 2. The second-order valence-electron chi connectivity index (χ2n) is 4.65. The fourth-order valence-corrected chi connectivity index (χ4v) is 3.10. The molecule has 1 aromatic rings. The molecule has 23 heavy (non-hydrogen) atoms. The topological polar surface area (TPSA) is 73.1 Å². The third-order valence-electron chi connectivity index (χ3n) is 3.09. The SMILES string of the molecule is O=C(c1cc(Br)c(O)c(Br)c1)N1N=C(C(F)F)C[C@]1(O)C(F)F. The molecule has 1 aliphatic heterocycles. The standard InChI is InChI=1S/C12H8Br2F4N2O3/c13-5-1-4(2-6(14)8(5)21)10(22)20-12(23,11(17)18)3-7(19-20)9(15)16/h1-2,9,11,21,23H,3H2/t12-/m0/s1. The molecule has 1 atom stereocenters. The van der Waals surface area contributed by atoms with Gasteiger partial charge < -0.3 is 10.2 Å². The van der Waals surface area contributed by atoms with Gasteiger partial charge in [0.25, 0.3) is 18.8 Å². The minimum absolute atomic E-state index is 0.0512. The molecular formula is C12H8Br2F4N2O3. The highest BCUT2D eigenvalue weighted by Crippen LogP contribution is 2.37. The second-order valence-corrected chi connectivity index (χ2v) is 6.36. The lowest BCUT2D eigenvalue weighted by molar-refractivity contribution is -0.164. The number of hydrogen-bond acceptors (Lipinski definition) is 4. The highest BCUT2D eigenvalue weighted by Gasteiger charge is 2.53. The first-order chi connectivity index (χ1) is 10.6. The van der Waals surface area contributed by atoms with E-state index >= 15 is 0 Å². The summed E-state index contributed by atoms with van der Waals surface area (Å²) in [6, 6.07) is 2.18. The van der Waals surface area contributed by atoms with Crippen molar-refractivity contribution in [2.75, 3.05) is 0 Å². The Morgan fingerprint density at radius 3 is 2.22 bits per heavy atom. The average Bonchev–Trinajstić information content (AvgIpc) is 2.83. The summed E-state index contributed by atoms with van der Waals surface area (Å²) in [5.74, 6) is -1.46. The summed E-state index contributed by atoms with van der Waals surface area (Å²) in [4.78, 5) is 12.3. The van der Waals surface area contributed by atoms with E-state index in [0.29, 0.717) is 0 Å². The number of carbonyl (C=O) groups is 1. The quantitative estimate of drug-likeness (QED) is 0.675. The lowest BCUT2D eigenvalue weighted by Gasteiger charge is -2.30. The molecule has 0 saturated heterocycles. The molecule has 1 amide bonds. The van der Waals surface area contributed by atoms with E-state index in [4.69, 9.17) is 0 Å². The van der Waals surface area contributed by atoms with Crippen LogP contribution in [0.2, 0.25) is 0 Å². The first kappa shape index (κ1) is 18.1. The predicted molar refractivity (Wildman–Crippen MR) is 78.7 cm³/mol. The van der Waals surface area contributed by atoms with E-state index in [2.05, 4.69) is 37.0 Å². The molecule has 1 aromatic carbocycles. The zero-order valence-electron chi connectivity index (χ0n) is 11.0. The number of phenols is 1. The van der Waals surface area contributed by atoms with Crippen molar-refractivity contribution in [1.82, 2.24) is 5.01 Å². The van der Waals surface area contributed by atoms with Crippen molar-refractivity contribution >= 4 is 43.5 Å². The lowest BCUT2D eigenvalue weighted by atomic mass is 10.1. The van der Waals surface area contributed by atoms with Crippen LogP contribution in [0.4, 0.5) is 17.6 Å². The highest BCUT2D eigenvalue weighted by atomic mass is 79.9. The maximum atomic E-state index is 13.1. The summed E-state index contributed by atoms with van der Waals surface area (Å²) in [6.45, 7) is 0. The number of phenolic OH excluding ortho intramolecular Hbond substituents is 1. The molecule has 0 fully saturated rings. The molecule has 0 unspecified atom stereocenters. The number of rotatable bonds is 3. The Bertz CT molecular complexity index is 663. The number of benzene rings is 1. The molecule has 0 bridgehead atoms. The van der Waals surface area contributed by atoms with Crippen LogP contribution < -0.4 is 0 Å². The molecule has 1 heterocycles. The Morgan fingerprint density at radius 1 is 1.26 bits per heavy atom. The van der Waals surface area contributed by atoms with Crippen LogP contribution in [0.1, 0.15) is 16.8 Å². The van der Waals surface area contributed by atoms with Gasteiger partial charge in [-0.2, -0.15) is 10.1 Å². The second kappa shape index (κ2) is 6.36. The number of carbonyl (C=O) groups excluding carboxylic acids is 1. The van der Waals surface area contributed by atoms with E-state index in [-0.39, 0.29) is 25.3 Å². The van der Waals surface area contributed by atoms with E-state index in [1.807, 2.05) is 0 Å². The molecule has 11 heteroatoms. The van der Waals surface area contributed by atoms with Crippen molar-refractivity contribution in [2.24, 2.45) is 5.10 Å². The monoisotopic (exact) mass is 462 g/mol. The van der Waals surface area contributed by atoms with E-state index in [0.717, 1.165) is 12.1 Å². The van der Waals surface area contributed by atoms with Crippen molar-refractivity contribution in [1.29, 1.82) is 0 Å². The molecule has 5 nitrogen and oxygen atoms in total. The fourth-order valence-electron chi connectivity index (χ4n) is 1.91. The van der Waals surface area contributed by atoms with Gasteiger partial charge in [-0.3, -0.25) is 4.79 Å². The normalized spacial score (nSPS) is 21.3. The average molecular weight is 464 g/mol. The van der Waals surface area contributed by atoms with Crippen molar-refractivity contribution < 1.29 is 32.6 Å². The number of aromatic hydroxyl groups is 1. The van der Waals surface area contributed by atoms with Gasteiger partial charge in [0, 0.05) is 12.0 Å². The van der Waals surface area contributed by atoms with Gasteiger partial charge in [-0.1, -0.05) is 0 Å². The first-order valence-electron chi connectivity index (χ1n) is 5.96. The largest absolute Gasteiger partial charge is 0.506 e. The Hall–Kier alpha value is -1.20. The maximum Gasteiger partial charge on any atom is 0.287 e. The summed E-state index contributed by atoms with van der Waals surface area (Å²) < 4.78 is 51.7. The fraction of sp³-hybridized carbons (Fsp3) is 0.333. The van der Waals surface area contributed by atoms with Gasteiger partial charge in [-0.05, 0) is 44.0 Å². The predicted octanol–water partition coefficient (Wildman–Crippen LogP) is 3.34. The molecule has 0 radical (unpaired) electrons. The minimum Gasteiger partial charge on any atom is -0.506 e. The number of alkyl halides is 4. The molecule has 2 rings (SSSR count). The van der Waals surface area contributed by atoms with Gasteiger partial charge in [0.2, 0.25) is 5.72 Å². The Kier molecular flexibility index (Phi) is 5.02. The van der Waals surface area contributed by atoms with Crippen LogP contribution in [0.25, 0.3) is 0 Å². The zero-order chi connectivity index (χ0) is 17.5. The number of hydrazone groups is 1. The van der Waals surface area contributed by atoms with Crippen LogP contribution in [0, 0.1) is 0 Å². The van der Waals surface area contributed by atoms with E-state index in [9.17, 15) is 32.6 Å². The van der Waals surface area contributed by atoms with Crippen LogP contribution in [-0.4, -0.2) is 45.4 Å². The van der Waals surface area contributed by atoms with Gasteiger partial charge in [0.05, 0.1) is 8.95 Å². The van der Waals surface area contributed by atoms with Crippen molar-refractivity contribution in [3.63, 3.8) is 0 Å². The molecule has 126 valence electrons. The third-order valence-corrected chi connectivity index (χ3v) is 4.30. The number of aliphatic hydroxyl groups is 1. The van der Waals surface area contributed by atoms with Gasteiger partial charge >= 0.3 is 0 Å². The van der Waals surface area contributed by atoms with Gasteiger partial charge in [0.1, 0.15) is 11.5 Å². The lowest BCUT2D eigenvalue weighted by Crippen LogP contribution is -2.51.